The van der Waals surface area contributed by atoms with E-state index in [9.17, 15) is 9.59 Å². The maximum absolute atomic E-state index is 10.6. The molecule has 1 aliphatic heterocycles. The molecule has 4 heteroatoms. The van der Waals surface area contributed by atoms with E-state index in [4.69, 9.17) is 0 Å². The highest BCUT2D eigenvalue weighted by molar-refractivity contribution is 6.01. The summed E-state index contributed by atoms with van der Waals surface area (Å²) in [7, 11) is 0. The maximum atomic E-state index is 10.6. The molecule has 3 amide bonds. The monoisotopic (exact) mass is 158 g/mol. The SMILES string of the molecule is CC.CCN1CC(=O)NC1=O. The number of likely N-dealkylation sites (N-methyl/N-ethyl adjacent to an activating group) is 1. The van der Waals surface area contributed by atoms with Crippen LogP contribution in [0.5, 0.6) is 0 Å². The summed E-state index contributed by atoms with van der Waals surface area (Å²) in [5, 5.41) is 2.17. The lowest BCUT2D eigenvalue weighted by atomic mass is 10.6. The topological polar surface area (TPSA) is 49.4 Å². The average Bonchev–Trinajstić information content (AvgIpc) is 2.33. The Morgan fingerprint density at radius 3 is 2.18 bits per heavy atom. The quantitative estimate of drug-likeness (QED) is 0.567. The molecule has 0 atom stereocenters. The number of urea groups is 1. The normalized spacial score (nSPS) is 15.7. The van der Waals surface area contributed by atoms with Gasteiger partial charge in [0.1, 0.15) is 6.54 Å². The Balaban J connectivity index is 0.000000461. The Morgan fingerprint density at radius 2 is 2.00 bits per heavy atom. The molecular formula is C7H14N2O2. The van der Waals surface area contributed by atoms with Crippen LogP contribution in [0.25, 0.3) is 0 Å². The Kier molecular flexibility index (Phi) is 4.26. The molecule has 1 aliphatic rings. The van der Waals surface area contributed by atoms with E-state index >= 15 is 0 Å². The fraction of sp³-hybridized carbons (Fsp3) is 0.714. The molecule has 0 aromatic carbocycles. The molecule has 0 radical (unpaired) electrons. The van der Waals surface area contributed by atoms with E-state index < -0.39 is 0 Å². The zero-order valence-corrected chi connectivity index (χ0v) is 7.18. The van der Waals surface area contributed by atoms with E-state index in [0.717, 1.165) is 0 Å². The van der Waals surface area contributed by atoms with Crippen molar-refractivity contribution in [3.63, 3.8) is 0 Å². The van der Waals surface area contributed by atoms with Crippen LogP contribution in [0.2, 0.25) is 0 Å². The number of nitrogens with zero attached hydrogens (tertiary/aromatic N) is 1. The number of imide groups is 1. The van der Waals surface area contributed by atoms with Gasteiger partial charge >= 0.3 is 6.03 Å². The first-order valence-electron chi connectivity index (χ1n) is 3.82. The smallest absolute Gasteiger partial charge is 0.315 e. The molecule has 1 saturated heterocycles. The lowest BCUT2D eigenvalue weighted by molar-refractivity contribution is -0.118. The highest BCUT2D eigenvalue weighted by Crippen LogP contribution is 1.95. The number of carbonyl (C=O) groups excluding carboxylic acids is 2. The summed E-state index contributed by atoms with van der Waals surface area (Å²) < 4.78 is 0. The molecule has 1 rings (SSSR count). The van der Waals surface area contributed by atoms with Crippen molar-refractivity contribution in [3.8, 4) is 0 Å². The molecule has 0 bridgehead atoms. The highest BCUT2D eigenvalue weighted by Gasteiger charge is 2.24. The van der Waals surface area contributed by atoms with Crippen LogP contribution in [0.4, 0.5) is 4.79 Å². The summed E-state index contributed by atoms with van der Waals surface area (Å²) in [5.41, 5.74) is 0. The van der Waals surface area contributed by atoms with Crippen LogP contribution in [0.3, 0.4) is 0 Å². The second kappa shape index (κ2) is 4.71. The number of carbonyl (C=O) groups is 2. The summed E-state index contributed by atoms with van der Waals surface area (Å²) in [5.74, 6) is -0.207. The Morgan fingerprint density at radius 1 is 1.45 bits per heavy atom. The minimum Gasteiger partial charge on any atom is -0.315 e. The van der Waals surface area contributed by atoms with Crippen LogP contribution in [-0.2, 0) is 4.79 Å². The molecule has 4 nitrogen and oxygen atoms in total. The third-order valence-corrected chi connectivity index (χ3v) is 1.25. The van der Waals surface area contributed by atoms with E-state index in [-0.39, 0.29) is 18.5 Å². The van der Waals surface area contributed by atoms with Gasteiger partial charge in [0.2, 0.25) is 5.91 Å². The van der Waals surface area contributed by atoms with Crippen LogP contribution in [0.1, 0.15) is 20.8 Å². The van der Waals surface area contributed by atoms with E-state index in [1.54, 1.807) is 0 Å². The summed E-state index contributed by atoms with van der Waals surface area (Å²) in [6.45, 7) is 6.64. The van der Waals surface area contributed by atoms with Crippen molar-refractivity contribution in [2.24, 2.45) is 0 Å². The van der Waals surface area contributed by atoms with Gasteiger partial charge in [-0.2, -0.15) is 0 Å². The van der Waals surface area contributed by atoms with Crippen molar-refractivity contribution in [1.29, 1.82) is 0 Å². The summed E-state index contributed by atoms with van der Waals surface area (Å²) in [6.07, 6.45) is 0. The molecule has 0 aromatic rings. The molecule has 11 heavy (non-hydrogen) atoms. The van der Waals surface area contributed by atoms with E-state index in [0.29, 0.717) is 6.54 Å². The summed E-state index contributed by atoms with van der Waals surface area (Å²) in [4.78, 5) is 22.5. The van der Waals surface area contributed by atoms with Gasteiger partial charge in [0.15, 0.2) is 0 Å². The van der Waals surface area contributed by atoms with Crippen LogP contribution < -0.4 is 5.32 Å². The summed E-state index contributed by atoms with van der Waals surface area (Å²) in [6, 6.07) is -0.275. The van der Waals surface area contributed by atoms with Crippen molar-refractivity contribution in [2.45, 2.75) is 20.8 Å². The standard InChI is InChI=1S/C5H8N2O2.C2H6/c1-2-7-3-4(8)6-5(7)9;1-2/h2-3H2,1H3,(H,6,8,9);1-2H3. The van der Waals surface area contributed by atoms with Gasteiger partial charge < -0.3 is 4.90 Å². The molecule has 1 N–H and O–H groups in total. The van der Waals surface area contributed by atoms with E-state index in [1.807, 2.05) is 20.8 Å². The second-order valence-electron chi connectivity index (χ2n) is 1.87. The number of nitrogens with one attached hydrogen (secondary N) is 1. The highest BCUT2D eigenvalue weighted by atomic mass is 16.2. The predicted molar refractivity (Wildman–Crippen MR) is 42.1 cm³/mol. The van der Waals surface area contributed by atoms with Crippen molar-refractivity contribution in [2.75, 3.05) is 13.1 Å². The van der Waals surface area contributed by atoms with Crippen LogP contribution in [-0.4, -0.2) is 29.9 Å². The van der Waals surface area contributed by atoms with E-state index in [1.165, 1.54) is 4.90 Å². The third kappa shape index (κ3) is 2.57. The number of hydrogen-bond donors (Lipinski definition) is 1. The molecule has 1 fully saturated rings. The van der Waals surface area contributed by atoms with Gasteiger partial charge in [0, 0.05) is 6.54 Å². The Bertz CT molecular complexity index is 157. The average molecular weight is 158 g/mol. The molecule has 0 saturated carbocycles. The molecule has 0 unspecified atom stereocenters. The van der Waals surface area contributed by atoms with Crippen molar-refractivity contribution in [3.05, 3.63) is 0 Å². The van der Waals surface area contributed by atoms with Gasteiger partial charge in [0.05, 0.1) is 0 Å². The van der Waals surface area contributed by atoms with Gasteiger partial charge in [0.25, 0.3) is 0 Å². The van der Waals surface area contributed by atoms with Gasteiger partial charge in [-0.1, -0.05) is 13.8 Å². The lowest BCUT2D eigenvalue weighted by Crippen LogP contribution is -2.27. The summed E-state index contributed by atoms with van der Waals surface area (Å²) >= 11 is 0. The maximum Gasteiger partial charge on any atom is 0.324 e. The van der Waals surface area contributed by atoms with Crippen LogP contribution in [0, 0.1) is 0 Å². The molecule has 64 valence electrons. The molecule has 0 aliphatic carbocycles. The van der Waals surface area contributed by atoms with Gasteiger partial charge in [-0.05, 0) is 6.92 Å². The first-order valence-corrected chi connectivity index (χ1v) is 3.82. The first kappa shape index (κ1) is 9.94. The number of hydrogen-bond acceptors (Lipinski definition) is 2. The number of rotatable bonds is 1. The fourth-order valence-electron chi connectivity index (χ4n) is 0.738. The Labute approximate surface area is 66.6 Å². The van der Waals surface area contributed by atoms with Crippen LogP contribution >= 0.6 is 0 Å². The lowest BCUT2D eigenvalue weighted by Gasteiger charge is -2.06. The Hall–Kier alpha value is -1.06. The molecule has 0 aromatic heterocycles. The number of amides is 3. The largest absolute Gasteiger partial charge is 0.324 e. The predicted octanol–water partition coefficient (Wildman–Crippen LogP) is 0.584. The fourth-order valence-corrected chi connectivity index (χ4v) is 0.738. The second-order valence-corrected chi connectivity index (χ2v) is 1.87. The van der Waals surface area contributed by atoms with E-state index in [2.05, 4.69) is 5.32 Å². The van der Waals surface area contributed by atoms with Crippen molar-refractivity contribution >= 4 is 11.9 Å². The van der Waals surface area contributed by atoms with Gasteiger partial charge in [-0.15, -0.1) is 0 Å². The van der Waals surface area contributed by atoms with Crippen LogP contribution in [0.15, 0.2) is 0 Å². The van der Waals surface area contributed by atoms with Gasteiger partial charge in [-0.25, -0.2) is 4.79 Å². The zero-order valence-electron chi connectivity index (χ0n) is 7.18. The minimum absolute atomic E-state index is 0.207. The molecular weight excluding hydrogens is 144 g/mol. The van der Waals surface area contributed by atoms with Gasteiger partial charge in [-0.3, -0.25) is 10.1 Å². The van der Waals surface area contributed by atoms with Crippen molar-refractivity contribution in [1.82, 2.24) is 10.2 Å². The molecule has 0 spiro atoms. The van der Waals surface area contributed by atoms with Crippen molar-refractivity contribution < 1.29 is 9.59 Å². The molecule has 1 heterocycles. The minimum atomic E-state index is -0.275. The third-order valence-electron chi connectivity index (χ3n) is 1.25. The zero-order chi connectivity index (χ0) is 8.85. The first-order chi connectivity index (χ1) is 5.24.